The summed E-state index contributed by atoms with van der Waals surface area (Å²) in [6.07, 6.45) is 6.81. The van der Waals surface area contributed by atoms with Crippen LogP contribution in [-0.2, 0) is 0 Å². The Balaban J connectivity index is 1.78. The van der Waals surface area contributed by atoms with Gasteiger partial charge in [-0.05, 0) is 37.5 Å². The Morgan fingerprint density at radius 3 is 2.47 bits per heavy atom. The highest BCUT2D eigenvalue weighted by molar-refractivity contribution is 5.66. The van der Waals surface area contributed by atoms with Gasteiger partial charge in [-0.3, -0.25) is 0 Å². The molecule has 2 aliphatic carbocycles. The van der Waals surface area contributed by atoms with Gasteiger partial charge in [-0.25, -0.2) is 4.98 Å². The highest BCUT2D eigenvalue weighted by Gasteiger charge is 2.41. The molecule has 0 unspecified atom stereocenters. The Morgan fingerprint density at radius 2 is 1.94 bits per heavy atom. The molecule has 3 rings (SSSR count). The van der Waals surface area contributed by atoms with E-state index in [1.807, 2.05) is 0 Å². The molecule has 0 atom stereocenters. The fraction of sp³-hybridized carbons (Fsp3) is 0.667. The molecule has 1 aromatic heterocycles. The lowest BCUT2D eigenvalue weighted by Crippen LogP contribution is -2.25. The van der Waals surface area contributed by atoms with E-state index in [9.17, 15) is 0 Å². The summed E-state index contributed by atoms with van der Waals surface area (Å²) in [5.74, 6) is 2.79. The van der Waals surface area contributed by atoms with Crippen molar-refractivity contribution in [1.29, 1.82) is 0 Å². The molecule has 2 saturated carbocycles. The van der Waals surface area contributed by atoms with Gasteiger partial charge in [0, 0.05) is 6.04 Å². The van der Waals surface area contributed by atoms with Crippen LogP contribution >= 0.6 is 0 Å². The topological polar surface area (TPSA) is 73.1 Å². The first-order valence-corrected chi connectivity index (χ1v) is 6.20. The Labute approximate surface area is 101 Å². The zero-order valence-corrected chi connectivity index (χ0v) is 10.0. The van der Waals surface area contributed by atoms with Gasteiger partial charge in [0.05, 0.1) is 7.11 Å². The van der Waals surface area contributed by atoms with Crippen LogP contribution in [0.25, 0.3) is 0 Å². The highest BCUT2D eigenvalue weighted by Crippen LogP contribution is 2.46. The van der Waals surface area contributed by atoms with Gasteiger partial charge in [-0.15, -0.1) is 0 Å². The van der Waals surface area contributed by atoms with E-state index in [-0.39, 0.29) is 0 Å². The van der Waals surface area contributed by atoms with Crippen molar-refractivity contribution >= 4 is 11.5 Å². The molecule has 0 aromatic carbocycles. The average molecular weight is 234 g/mol. The molecule has 0 bridgehead atoms. The Morgan fingerprint density at radius 1 is 1.29 bits per heavy atom. The Bertz CT molecular complexity index is 403. The highest BCUT2D eigenvalue weighted by atomic mass is 16.5. The number of nitrogens with one attached hydrogen (secondary N) is 1. The maximum atomic E-state index is 5.97. The first-order chi connectivity index (χ1) is 8.29. The van der Waals surface area contributed by atoms with E-state index in [0.29, 0.717) is 17.6 Å². The maximum absolute atomic E-state index is 5.97. The quantitative estimate of drug-likeness (QED) is 0.810. The number of ether oxygens (including phenoxy) is 1. The molecule has 1 aromatic rings. The van der Waals surface area contributed by atoms with Crippen molar-refractivity contribution in [2.24, 2.45) is 11.8 Å². The standard InChI is InChI=1S/C12H18N4O/c1-17-12-9(13)11(14-6-15-12)16-10(7-2-3-7)8-4-5-8/h6-8,10H,2-5,13H2,1H3,(H,14,15,16). The zero-order valence-electron chi connectivity index (χ0n) is 10.0. The van der Waals surface area contributed by atoms with Crippen LogP contribution in [0, 0.1) is 11.8 Å². The normalized spacial score (nSPS) is 19.4. The fourth-order valence-corrected chi connectivity index (χ4v) is 2.35. The van der Waals surface area contributed by atoms with E-state index in [4.69, 9.17) is 10.5 Å². The summed E-state index contributed by atoms with van der Waals surface area (Å²) in [6, 6.07) is 0.539. The minimum Gasteiger partial charge on any atom is -0.479 e. The average Bonchev–Trinajstić information content (AvgIpc) is 3.19. The molecule has 2 fully saturated rings. The molecule has 92 valence electrons. The lowest BCUT2D eigenvalue weighted by Gasteiger charge is -2.19. The first-order valence-electron chi connectivity index (χ1n) is 6.20. The lowest BCUT2D eigenvalue weighted by molar-refractivity contribution is 0.399. The second kappa shape index (κ2) is 4.05. The Hall–Kier alpha value is -1.52. The smallest absolute Gasteiger partial charge is 0.242 e. The van der Waals surface area contributed by atoms with Gasteiger partial charge in [0.25, 0.3) is 0 Å². The van der Waals surface area contributed by atoms with Crippen molar-refractivity contribution in [2.45, 2.75) is 31.7 Å². The summed E-state index contributed by atoms with van der Waals surface area (Å²) in [7, 11) is 1.57. The number of methoxy groups -OCH3 is 1. The molecule has 3 N–H and O–H groups in total. The number of nitrogens with zero attached hydrogens (tertiary/aromatic N) is 2. The number of anilines is 2. The van der Waals surface area contributed by atoms with Crippen LogP contribution in [0.15, 0.2) is 6.33 Å². The second-order valence-corrected chi connectivity index (χ2v) is 4.99. The maximum Gasteiger partial charge on any atom is 0.242 e. The number of nitrogens with two attached hydrogens (primary N) is 1. The third kappa shape index (κ3) is 2.14. The number of hydrogen-bond acceptors (Lipinski definition) is 5. The van der Waals surface area contributed by atoms with Crippen molar-refractivity contribution < 1.29 is 4.74 Å². The van der Waals surface area contributed by atoms with E-state index in [0.717, 1.165) is 17.7 Å². The van der Waals surface area contributed by atoms with Crippen LogP contribution in [0.1, 0.15) is 25.7 Å². The monoisotopic (exact) mass is 234 g/mol. The predicted molar refractivity (Wildman–Crippen MR) is 65.9 cm³/mol. The summed E-state index contributed by atoms with van der Waals surface area (Å²) >= 11 is 0. The summed E-state index contributed by atoms with van der Waals surface area (Å²) in [5, 5.41) is 3.49. The van der Waals surface area contributed by atoms with Gasteiger partial charge in [-0.1, -0.05) is 0 Å². The second-order valence-electron chi connectivity index (χ2n) is 4.99. The van der Waals surface area contributed by atoms with Crippen LogP contribution in [0.5, 0.6) is 5.88 Å². The van der Waals surface area contributed by atoms with E-state index >= 15 is 0 Å². The van der Waals surface area contributed by atoms with Crippen molar-refractivity contribution in [2.75, 3.05) is 18.2 Å². The van der Waals surface area contributed by atoms with E-state index in [2.05, 4.69) is 15.3 Å². The van der Waals surface area contributed by atoms with Crippen molar-refractivity contribution in [3.63, 3.8) is 0 Å². The predicted octanol–water partition coefficient (Wildman–Crippen LogP) is 1.67. The molecule has 17 heavy (non-hydrogen) atoms. The van der Waals surface area contributed by atoms with E-state index in [1.54, 1.807) is 7.11 Å². The number of rotatable bonds is 5. The van der Waals surface area contributed by atoms with Gasteiger partial charge in [0.2, 0.25) is 5.88 Å². The van der Waals surface area contributed by atoms with E-state index in [1.165, 1.54) is 32.0 Å². The Kier molecular flexibility index (Phi) is 2.53. The molecule has 1 heterocycles. The van der Waals surface area contributed by atoms with Gasteiger partial charge < -0.3 is 15.8 Å². The van der Waals surface area contributed by atoms with Crippen molar-refractivity contribution in [3.8, 4) is 5.88 Å². The summed E-state index contributed by atoms with van der Waals surface area (Å²) in [4.78, 5) is 8.21. The number of aromatic nitrogens is 2. The fourth-order valence-electron chi connectivity index (χ4n) is 2.35. The molecule has 0 amide bonds. The molecule has 5 nitrogen and oxygen atoms in total. The zero-order chi connectivity index (χ0) is 11.8. The van der Waals surface area contributed by atoms with Crippen molar-refractivity contribution in [1.82, 2.24) is 9.97 Å². The molecule has 0 radical (unpaired) electrons. The minimum absolute atomic E-state index is 0.452. The lowest BCUT2D eigenvalue weighted by atomic mass is 10.1. The van der Waals surface area contributed by atoms with Gasteiger partial charge in [-0.2, -0.15) is 4.98 Å². The number of nitrogen functional groups attached to an aromatic ring is 1. The molecule has 2 aliphatic rings. The molecule has 5 heteroatoms. The third-order valence-corrected chi connectivity index (χ3v) is 3.60. The SMILES string of the molecule is COc1ncnc(NC(C2CC2)C2CC2)c1N. The van der Waals surface area contributed by atoms with Gasteiger partial charge in [0.1, 0.15) is 12.0 Å². The van der Waals surface area contributed by atoms with Gasteiger partial charge in [0.15, 0.2) is 5.82 Å². The number of hydrogen-bond donors (Lipinski definition) is 2. The molecular weight excluding hydrogens is 216 g/mol. The minimum atomic E-state index is 0.452. The molecule has 0 spiro atoms. The van der Waals surface area contributed by atoms with Crippen LogP contribution in [-0.4, -0.2) is 23.1 Å². The summed E-state index contributed by atoms with van der Waals surface area (Å²) < 4.78 is 5.10. The van der Waals surface area contributed by atoms with Crippen LogP contribution < -0.4 is 15.8 Å². The van der Waals surface area contributed by atoms with Gasteiger partial charge >= 0.3 is 0 Å². The molecular formula is C12H18N4O. The molecule has 0 saturated heterocycles. The summed E-state index contributed by atoms with van der Waals surface area (Å²) in [5.41, 5.74) is 6.49. The summed E-state index contributed by atoms with van der Waals surface area (Å²) in [6.45, 7) is 0. The van der Waals surface area contributed by atoms with Crippen LogP contribution in [0.4, 0.5) is 11.5 Å². The third-order valence-electron chi connectivity index (χ3n) is 3.60. The molecule has 0 aliphatic heterocycles. The van der Waals surface area contributed by atoms with Crippen LogP contribution in [0.2, 0.25) is 0 Å². The first kappa shape index (κ1) is 10.6. The van der Waals surface area contributed by atoms with E-state index < -0.39 is 0 Å². The van der Waals surface area contributed by atoms with Crippen LogP contribution in [0.3, 0.4) is 0 Å². The largest absolute Gasteiger partial charge is 0.479 e. The van der Waals surface area contributed by atoms with Crippen molar-refractivity contribution in [3.05, 3.63) is 6.33 Å².